The Labute approximate surface area is 186 Å². The molecule has 8 heteroatoms. The van der Waals surface area contributed by atoms with Crippen molar-refractivity contribution >= 4 is 22.5 Å². The molecule has 0 aliphatic carbocycles. The number of nitrogens with zero attached hydrogens (tertiary/aromatic N) is 3. The predicted molar refractivity (Wildman–Crippen MR) is 122 cm³/mol. The summed E-state index contributed by atoms with van der Waals surface area (Å²) in [6.45, 7) is 1.21. The average molecular weight is 432 g/mol. The summed E-state index contributed by atoms with van der Waals surface area (Å²) in [5.74, 6) is 2.08. The first-order chi connectivity index (χ1) is 15.7. The van der Waals surface area contributed by atoms with Crippen molar-refractivity contribution in [2.75, 3.05) is 32.8 Å². The number of pyridine rings is 1. The summed E-state index contributed by atoms with van der Waals surface area (Å²) < 4.78 is 22.0. The molecule has 8 nitrogen and oxygen atoms in total. The van der Waals surface area contributed by atoms with E-state index in [0.29, 0.717) is 43.1 Å². The van der Waals surface area contributed by atoms with E-state index in [9.17, 15) is 0 Å². The van der Waals surface area contributed by atoms with Gasteiger partial charge in [-0.25, -0.2) is 9.97 Å². The molecule has 32 heavy (non-hydrogen) atoms. The van der Waals surface area contributed by atoms with Gasteiger partial charge in [-0.3, -0.25) is 0 Å². The van der Waals surface area contributed by atoms with E-state index in [1.807, 2.05) is 54.6 Å². The fourth-order valence-electron chi connectivity index (χ4n) is 3.05. The lowest BCUT2D eigenvalue weighted by Crippen LogP contribution is -2.06. The second-order valence-corrected chi connectivity index (χ2v) is 6.83. The standard InChI is InChI=1S/C24H24N4O4/c1-29-13-14-31-23-11-12-25-24(28-23)27-18-9-10-21(30-2)22(15-18)32-16-19-8-7-17-5-3-4-6-20(17)26-19/h3-12,15H,13-14,16H2,1-2H3,(H,25,27,28). The van der Waals surface area contributed by atoms with Crippen molar-refractivity contribution in [3.05, 3.63) is 72.6 Å². The Kier molecular flexibility index (Phi) is 6.94. The highest BCUT2D eigenvalue weighted by Gasteiger charge is 2.09. The maximum Gasteiger partial charge on any atom is 0.230 e. The molecule has 0 spiro atoms. The molecule has 0 amide bonds. The number of rotatable bonds is 10. The second kappa shape index (κ2) is 10.4. The zero-order valence-corrected chi connectivity index (χ0v) is 17.9. The van der Waals surface area contributed by atoms with Crippen LogP contribution < -0.4 is 19.5 Å². The van der Waals surface area contributed by atoms with Gasteiger partial charge in [-0.15, -0.1) is 0 Å². The molecule has 0 saturated carbocycles. The third-order valence-electron chi connectivity index (χ3n) is 4.62. The van der Waals surface area contributed by atoms with Crippen molar-refractivity contribution in [1.29, 1.82) is 0 Å². The fourth-order valence-corrected chi connectivity index (χ4v) is 3.05. The summed E-state index contributed by atoms with van der Waals surface area (Å²) in [6.07, 6.45) is 1.63. The molecule has 2 aromatic heterocycles. The third kappa shape index (κ3) is 5.41. The van der Waals surface area contributed by atoms with Crippen LogP contribution in [-0.2, 0) is 11.3 Å². The molecule has 0 bridgehead atoms. The summed E-state index contributed by atoms with van der Waals surface area (Å²) in [4.78, 5) is 13.2. The van der Waals surface area contributed by atoms with E-state index in [1.165, 1.54) is 0 Å². The van der Waals surface area contributed by atoms with Crippen LogP contribution in [0.25, 0.3) is 10.9 Å². The Morgan fingerprint density at radius 3 is 2.62 bits per heavy atom. The van der Waals surface area contributed by atoms with Gasteiger partial charge in [0.25, 0.3) is 0 Å². The van der Waals surface area contributed by atoms with Crippen LogP contribution in [0.1, 0.15) is 5.69 Å². The summed E-state index contributed by atoms with van der Waals surface area (Å²) in [5, 5.41) is 4.26. The minimum absolute atomic E-state index is 0.309. The van der Waals surface area contributed by atoms with E-state index in [0.717, 1.165) is 22.3 Å². The zero-order chi connectivity index (χ0) is 22.2. The van der Waals surface area contributed by atoms with Gasteiger partial charge in [0.15, 0.2) is 11.5 Å². The molecule has 0 fully saturated rings. The molecule has 0 saturated heterocycles. The molecule has 2 aromatic carbocycles. The van der Waals surface area contributed by atoms with Gasteiger partial charge in [-0.1, -0.05) is 24.3 Å². The minimum atomic E-state index is 0.309. The van der Waals surface area contributed by atoms with Gasteiger partial charge in [0, 0.05) is 36.5 Å². The van der Waals surface area contributed by atoms with E-state index < -0.39 is 0 Å². The number of hydrogen-bond donors (Lipinski definition) is 1. The third-order valence-corrected chi connectivity index (χ3v) is 4.62. The summed E-state index contributed by atoms with van der Waals surface area (Å²) in [6, 6.07) is 19.2. The van der Waals surface area contributed by atoms with Crippen LogP contribution in [0, 0.1) is 0 Å². The lowest BCUT2D eigenvalue weighted by atomic mass is 10.2. The lowest BCUT2D eigenvalue weighted by Gasteiger charge is -2.13. The van der Waals surface area contributed by atoms with Crippen molar-refractivity contribution in [1.82, 2.24) is 15.0 Å². The van der Waals surface area contributed by atoms with Gasteiger partial charge < -0.3 is 24.3 Å². The Bertz CT molecular complexity index is 1190. The second-order valence-electron chi connectivity index (χ2n) is 6.83. The molecule has 0 aliphatic heterocycles. The maximum absolute atomic E-state index is 6.02. The average Bonchev–Trinajstić information content (AvgIpc) is 2.83. The first-order valence-electron chi connectivity index (χ1n) is 10.1. The van der Waals surface area contributed by atoms with Crippen LogP contribution in [0.3, 0.4) is 0 Å². The molecular formula is C24H24N4O4. The first-order valence-corrected chi connectivity index (χ1v) is 10.1. The number of nitrogens with one attached hydrogen (secondary N) is 1. The highest BCUT2D eigenvalue weighted by atomic mass is 16.5. The minimum Gasteiger partial charge on any atom is -0.493 e. The molecule has 164 valence electrons. The molecule has 0 aliphatic rings. The molecule has 4 rings (SSSR count). The Balaban J connectivity index is 1.46. The monoisotopic (exact) mass is 432 g/mol. The van der Waals surface area contributed by atoms with E-state index in [4.69, 9.17) is 18.9 Å². The highest BCUT2D eigenvalue weighted by molar-refractivity contribution is 5.78. The van der Waals surface area contributed by atoms with Gasteiger partial charge in [0.2, 0.25) is 11.8 Å². The maximum atomic E-state index is 6.02. The number of fused-ring (bicyclic) bond motifs is 1. The van der Waals surface area contributed by atoms with E-state index in [2.05, 4.69) is 20.3 Å². The van der Waals surface area contributed by atoms with Crippen molar-refractivity contribution in [2.45, 2.75) is 6.61 Å². The Hall–Kier alpha value is -3.91. The fraction of sp³-hybridized carbons (Fsp3) is 0.208. The number of benzene rings is 2. The van der Waals surface area contributed by atoms with E-state index in [-0.39, 0.29) is 0 Å². The zero-order valence-electron chi connectivity index (χ0n) is 17.9. The van der Waals surface area contributed by atoms with Crippen LogP contribution in [-0.4, -0.2) is 42.4 Å². The molecule has 1 N–H and O–H groups in total. The number of aromatic nitrogens is 3. The van der Waals surface area contributed by atoms with E-state index >= 15 is 0 Å². The molecule has 4 aromatic rings. The van der Waals surface area contributed by atoms with Crippen LogP contribution in [0.4, 0.5) is 11.6 Å². The predicted octanol–water partition coefficient (Wildman–Crippen LogP) is 4.38. The van der Waals surface area contributed by atoms with Crippen molar-refractivity contribution < 1.29 is 18.9 Å². The molecule has 2 heterocycles. The Morgan fingerprint density at radius 2 is 1.75 bits per heavy atom. The van der Waals surface area contributed by atoms with Gasteiger partial charge in [-0.2, -0.15) is 4.98 Å². The summed E-state index contributed by atoms with van der Waals surface area (Å²) >= 11 is 0. The molecule has 0 radical (unpaired) electrons. The lowest BCUT2D eigenvalue weighted by molar-refractivity contribution is 0.144. The van der Waals surface area contributed by atoms with Crippen molar-refractivity contribution in [3.8, 4) is 17.4 Å². The number of anilines is 2. The van der Waals surface area contributed by atoms with Crippen LogP contribution in [0.5, 0.6) is 17.4 Å². The quantitative estimate of drug-likeness (QED) is 0.370. The van der Waals surface area contributed by atoms with Crippen LogP contribution in [0.15, 0.2) is 66.9 Å². The van der Waals surface area contributed by atoms with Crippen LogP contribution in [0.2, 0.25) is 0 Å². The Morgan fingerprint density at radius 1 is 0.844 bits per heavy atom. The van der Waals surface area contributed by atoms with Gasteiger partial charge >= 0.3 is 0 Å². The smallest absolute Gasteiger partial charge is 0.230 e. The molecule has 0 atom stereocenters. The van der Waals surface area contributed by atoms with Crippen molar-refractivity contribution in [3.63, 3.8) is 0 Å². The number of para-hydroxylation sites is 1. The topological polar surface area (TPSA) is 87.6 Å². The molecule has 0 unspecified atom stereocenters. The first kappa shape index (κ1) is 21.3. The van der Waals surface area contributed by atoms with E-state index in [1.54, 1.807) is 26.5 Å². The summed E-state index contributed by atoms with van der Waals surface area (Å²) in [5.41, 5.74) is 2.51. The largest absolute Gasteiger partial charge is 0.493 e. The van der Waals surface area contributed by atoms with Crippen molar-refractivity contribution in [2.24, 2.45) is 0 Å². The number of hydrogen-bond acceptors (Lipinski definition) is 8. The van der Waals surface area contributed by atoms with Gasteiger partial charge in [-0.05, 0) is 24.3 Å². The number of methoxy groups -OCH3 is 2. The van der Waals surface area contributed by atoms with Crippen LogP contribution >= 0.6 is 0 Å². The highest BCUT2D eigenvalue weighted by Crippen LogP contribution is 2.32. The van der Waals surface area contributed by atoms with Gasteiger partial charge in [0.1, 0.15) is 13.2 Å². The molecular weight excluding hydrogens is 408 g/mol. The number of ether oxygens (including phenoxy) is 4. The summed E-state index contributed by atoms with van der Waals surface area (Å²) in [7, 11) is 3.23. The normalized spacial score (nSPS) is 10.7. The van der Waals surface area contributed by atoms with Gasteiger partial charge in [0.05, 0.1) is 24.9 Å². The SMILES string of the molecule is COCCOc1ccnc(Nc2ccc(OC)c(OCc3ccc4ccccc4n3)c2)n1.